The third-order valence-corrected chi connectivity index (χ3v) is 6.21. The van der Waals surface area contributed by atoms with E-state index in [2.05, 4.69) is 27.8 Å². The lowest BCUT2D eigenvalue weighted by molar-refractivity contribution is -0.116. The number of rotatable bonds is 11. The number of nitrogen functional groups attached to an aromatic ring is 1. The summed E-state index contributed by atoms with van der Waals surface area (Å²) < 4.78 is 2.32. The van der Waals surface area contributed by atoms with E-state index in [1.54, 1.807) is 0 Å². The van der Waals surface area contributed by atoms with Gasteiger partial charge in [0.1, 0.15) is 5.82 Å². The highest BCUT2D eigenvalue weighted by Gasteiger charge is 2.24. The van der Waals surface area contributed by atoms with Gasteiger partial charge in [-0.05, 0) is 37.1 Å². The first kappa shape index (κ1) is 24.3. The van der Waals surface area contributed by atoms with Crippen molar-refractivity contribution in [2.24, 2.45) is 0 Å². The van der Waals surface area contributed by atoms with E-state index in [-0.39, 0.29) is 23.2 Å². The van der Waals surface area contributed by atoms with Crippen LogP contribution in [0.15, 0.2) is 43.2 Å². The third-order valence-electron chi connectivity index (χ3n) is 4.68. The third kappa shape index (κ3) is 6.50. The van der Waals surface area contributed by atoms with Crippen molar-refractivity contribution in [2.75, 3.05) is 22.9 Å². The number of nitrogens with two attached hydrogens (primary N) is 1. The summed E-state index contributed by atoms with van der Waals surface area (Å²) in [6.45, 7) is 4.86. The molecule has 164 valence electrons. The van der Waals surface area contributed by atoms with Crippen LogP contribution < -0.4 is 21.9 Å². The van der Waals surface area contributed by atoms with E-state index in [0.29, 0.717) is 13.1 Å². The van der Waals surface area contributed by atoms with Gasteiger partial charge in [0.05, 0.1) is 5.75 Å². The molecule has 2 rings (SSSR count). The number of nitrogens with one attached hydrogen (secondary N) is 1. The predicted octanol–water partition coefficient (Wildman–Crippen LogP) is 4.00. The van der Waals surface area contributed by atoms with Crippen LogP contribution in [0.1, 0.15) is 46.0 Å². The first-order valence-corrected chi connectivity index (χ1v) is 12.0. The zero-order valence-electron chi connectivity index (χ0n) is 17.4. The van der Waals surface area contributed by atoms with Crippen molar-refractivity contribution in [3.8, 4) is 0 Å². The highest BCUT2D eigenvalue weighted by atomic mass is 79.9. The Kier molecular flexibility index (Phi) is 9.71. The molecule has 0 bridgehead atoms. The molecular weight excluding hydrogens is 468 g/mol. The average molecular weight is 497 g/mol. The molecule has 0 aliphatic carbocycles. The molecule has 1 aromatic carbocycles. The van der Waals surface area contributed by atoms with E-state index in [0.717, 1.165) is 41.5 Å². The molecule has 0 spiro atoms. The Balaban J connectivity index is 2.33. The van der Waals surface area contributed by atoms with Crippen LogP contribution in [0.4, 0.5) is 11.5 Å². The largest absolute Gasteiger partial charge is 0.383 e. The fourth-order valence-electron chi connectivity index (χ4n) is 3.01. The molecule has 0 saturated heterocycles. The van der Waals surface area contributed by atoms with Crippen LogP contribution in [0, 0.1) is 0 Å². The molecule has 0 aliphatic rings. The van der Waals surface area contributed by atoms with Crippen LogP contribution in [0.3, 0.4) is 0 Å². The average Bonchev–Trinajstić information content (AvgIpc) is 2.71. The first-order valence-electron chi connectivity index (χ1n) is 10.2. The van der Waals surface area contributed by atoms with Gasteiger partial charge < -0.3 is 10.6 Å². The molecule has 9 heteroatoms. The Morgan fingerprint density at radius 2 is 1.80 bits per heavy atom. The molecule has 1 heterocycles. The zero-order chi connectivity index (χ0) is 22.1. The number of hydrogen-bond donors (Lipinski definition) is 2. The number of aromatic nitrogens is 2. The molecule has 1 aromatic heterocycles. The monoisotopic (exact) mass is 496 g/mol. The molecular formula is C21H29BrN4O3S. The summed E-state index contributed by atoms with van der Waals surface area (Å²) in [6, 6.07) is 7.68. The number of thioether (sulfide) groups is 1. The second-order valence-corrected chi connectivity index (χ2v) is 8.96. The number of hydrogen-bond acceptors (Lipinski definition) is 5. The minimum atomic E-state index is -0.622. The lowest BCUT2D eigenvalue weighted by Gasteiger charge is -2.24. The van der Waals surface area contributed by atoms with Gasteiger partial charge in [-0.1, -0.05) is 49.0 Å². The summed E-state index contributed by atoms with van der Waals surface area (Å²) in [7, 11) is 0. The number of halogens is 1. The second kappa shape index (κ2) is 12.0. The van der Waals surface area contributed by atoms with E-state index < -0.39 is 11.2 Å². The van der Waals surface area contributed by atoms with Crippen LogP contribution >= 0.6 is 27.7 Å². The SMILES string of the molecule is CCCCCN(C(=O)CSc1ccc(Br)cc1)c1c(N)n(CCCC)c(=O)[nH]c1=O. The Hall–Kier alpha value is -2.00. The van der Waals surface area contributed by atoms with Gasteiger partial charge in [0.25, 0.3) is 5.56 Å². The van der Waals surface area contributed by atoms with Crippen LogP contribution in [0.2, 0.25) is 0 Å². The van der Waals surface area contributed by atoms with Crippen LogP contribution in [-0.4, -0.2) is 27.8 Å². The van der Waals surface area contributed by atoms with Crippen molar-refractivity contribution in [3.05, 3.63) is 49.6 Å². The molecule has 30 heavy (non-hydrogen) atoms. The number of carbonyl (C=O) groups is 1. The van der Waals surface area contributed by atoms with Crippen molar-refractivity contribution < 1.29 is 4.79 Å². The van der Waals surface area contributed by atoms with E-state index >= 15 is 0 Å². The normalized spacial score (nSPS) is 10.9. The number of unbranched alkanes of at least 4 members (excludes halogenated alkanes) is 3. The maximum absolute atomic E-state index is 13.1. The Bertz CT molecular complexity index is 956. The number of nitrogens with zero attached hydrogens (tertiary/aromatic N) is 2. The lowest BCUT2D eigenvalue weighted by Crippen LogP contribution is -2.42. The number of H-pyrrole nitrogens is 1. The van der Waals surface area contributed by atoms with E-state index in [4.69, 9.17) is 5.73 Å². The van der Waals surface area contributed by atoms with Crippen molar-refractivity contribution >= 4 is 45.1 Å². The maximum Gasteiger partial charge on any atom is 0.330 e. The number of aromatic amines is 1. The summed E-state index contributed by atoms with van der Waals surface area (Å²) in [5, 5.41) is 0. The Labute approximate surface area is 189 Å². The first-order chi connectivity index (χ1) is 14.4. The van der Waals surface area contributed by atoms with Gasteiger partial charge in [-0.15, -0.1) is 11.8 Å². The minimum absolute atomic E-state index is 0.0516. The van der Waals surface area contributed by atoms with Crippen molar-refractivity contribution in [3.63, 3.8) is 0 Å². The molecule has 0 aliphatic heterocycles. The van der Waals surface area contributed by atoms with Crippen LogP contribution in [-0.2, 0) is 11.3 Å². The molecule has 0 unspecified atom stereocenters. The smallest absolute Gasteiger partial charge is 0.330 e. The van der Waals surface area contributed by atoms with E-state index in [9.17, 15) is 14.4 Å². The molecule has 2 aromatic rings. The quantitative estimate of drug-likeness (QED) is 0.361. The fraction of sp³-hybridized carbons (Fsp3) is 0.476. The van der Waals surface area contributed by atoms with Gasteiger partial charge in [-0.3, -0.25) is 19.1 Å². The summed E-state index contributed by atoms with van der Waals surface area (Å²) in [6.07, 6.45) is 4.29. The standard InChI is InChI=1S/C21H29BrN4O3S/c1-3-5-7-13-25(17(27)14-30-16-10-8-15(22)9-11-16)18-19(23)26(12-6-4-2)21(29)24-20(18)28/h8-11H,3-7,12-14,23H2,1-2H3,(H,24,28,29). The molecule has 0 atom stereocenters. The van der Waals surface area contributed by atoms with Crippen molar-refractivity contribution in [1.29, 1.82) is 0 Å². The van der Waals surface area contributed by atoms with Gasteiger partial charge >= 0.3 is 5.69 Å². The fourth-order valence-corrected chi connectivity index (χ4v) is 4.05. The van der Waals surface area contributed by atoms with Crippen LogP contribution in [0.25, 0.3) is 0 Å². The topological polar surface area (TPSA) is 101 Å². The van der Waals surface area contributed by atoms with Crippen molar-refractivity contribution in [2.45, 2.75) is 57.4 Å². The Morgan fingerprint density at radius 1 is 1.13 bits per heavy atom. The van der Waals surface area contributed by atoms with E-state index in [1.165, 1.54) is 21.2 Å². The zero-order valence-corrected chi connectivity index (χ0v) is 19.9. The summed E-state index contributed by atoms with van der Waals surface area (Å²) in [5.74, 6) is 0.00776. The second-order valence-electron chi connectivity index (χ2n) is 6.99. The molecule has 0 fully saturated rings. The highest BCUT2D eigenvalue weighted by Crippen LogP contribution is 2.24. The van der Waals surface area contributed by atoms with Gasteiger partial charge in [0, 0.05) is 22.5 Å². The van der Waals surface area contributed by atoms with Gasteiger partial charge in [0.15, 0.2) is 5.69 Å². The van der Waals surface area contributed by atoms with Gasteiger partial charge in [0.2, 0.25) is 5.91 Å². The number of carbonyl (C=O) groups excluding carboxylic acids is 1. The number of benzene rings is 1. The Morgan fingerprint density at radius 3 is 2.43 bits per heavy atom. The van der Waals surface area contributed by atoms with Crippen LogP contribution in [0.5, 0.6) is 0 Å². The molecule has 0 radical (unpaired) electrons. The van der Waals surface area contributed by atoms with Gasteiger partial charge in [-0.2, -0.15) is 0 Å². The lowest BCUT2D eigenvalue weighted by atomic mass is 10.2. The number of amides is 1. The maximum atomic E-state index is 13.1. The van der Waals surface area contributed by atoms with E-state index in [1.807, 2.05) is 31.2 Å². The van der Waals surface area contributed by atoms with Crippen molar-refractivity contribution in [1.82, 2.24) is 9.55 Å². The molecule has 3 N–H and O–H groups in total. The predicted molar refractivity (Wildman–Crippen MR) is 127 cm³/mol. The van der Waals surface area contributed by atoms with Gasteiger partial charge in [-0.25, -0.2) is 4.79 Å². The highest BCUT2D eigenvalue weighted by molar-refractivity contribution is 9.10. The molecule has 7 nitrogen and oxygen atoms in total. The molecule has 0 saturated carbocycles. The summed E-state index contributed by atoms with van der Waals surface area (Å²) in [4.78, 5) is 42.7. The minimum Gasteiger partial charge on any atom is -0.383 e. The summed E-state index contributed by atoms with van der Waals surface area (Å²) in [5.41, 5.74) is 5.14. The molecule has 1 amide bonds. The number of anilines is 2. The summed E-state index contributed by atoms with van der Waals surface area (Å²) >= 11 is 4.80.